The normalized spacial score (nSPS) is 15.0. The molecule has 0 unspecified atom stereocenters. The molecule has 28 heavy (non-hydrogen) atoms. The van der Waals surface area contributed by atoms with Crippen LogP contribution in [0, 0.1) is 0 Å². The fraction of sp³-hybridized carbons (Fsp3) is 0.364. The molecular formula is C22H26N4O2. The van der Waals surface area contributed by atoms with Gasteiger partial charge in [-0.15, -0.1) is 0 Å². The van der Waals surface area contributed by atoms with E-state index < -0.39 is 0 Å². The molecule has 3 heterocycles. The maximum Gasteiger partial charge on any atom is 0.317 e. The molecule has 1 fully saturated rings. The number of nitrogens with zero attached hydrogens (tertiary/aromatic N) is 2. The summed E-state index contributed by atoms with van der Waals surface area (Å²) in [5, 5.41) is 4.30. The minimum absolute atomic E-state index is 0.0244. The molecule has 1 aliphatic rings. The average Bonchev–Trinajstić information content (AvgIpc) is 3.17. The van der Waals surface area contributed by atoms with Gasteiger partial charge >= 0.3 is 6.03 Å². The van der Waals surface area contributed by atoms with Crippen LogP contribution in [0.3, 0.4) is 0 Å². The van der Waals surface area contributed by atoms with Crippen LogP contribution in [0.15, 0.2) is 48.8 Å². The zero-order valence-electron chi connectivity index (χ0n) is 16.1. The molecule has 2 amide bonds. The number of H-pyrrole nitrogens is 1. The summed E-state index contributed by atoms with van der Waals surface area (Å²) in [6.45, 7) is 4.43. The third-order valence-corrected chi connectivity index (χ3v) is 5.40. The number of amides is 2. The van der Waals surface area contributed by atoms with E-state index >= 15 is 0 Å². The Balaban J connectivity index is 1.33. The van der Waals surface area contributed by atoms with E-state index in [1.165, 1.54) is 16.5 Å². The molecule has 3 aromatic rings. The Morgan fingerprint density at radius 2 is 2.07 bits per heavy atom. The highest BCUT2D eigenvalue weighted by atomic mass is 16.5. The smallest absolute Gasteiger partial charge is 0.317 e. The van der Waals surface area contributed by atoms with Crippen molar-refractivity contribution in [3.05, 3.63) is 59.9 Å². The second-order valence-corrected chi connectivity index (χ2v) is 7.11. The van der Waals surface area contributed by atoms with Crippen LogP contribution in [0.4, 0.5) is 4.79 Å². The number of hydrogen-bond donors (Lipinski definition) is 2. The number of aromatic nitrogens is 2. The zero-order chi connectivity index (χ0) is 19.3. The number of para-hydroxylation sites is 1. The number of nitrogens with one attached hydrogen (secondary N) is 2. The average molecular weight is 378 g/mol. The number of piperidine rings is 1. The Kier molecular flexibility index (Phi) is 5.46. The van der Waals surface area contributed by atoms with Gasteiger partial charge in [0.1, 0.15) is 0 Å². The van der Waals surface area contributed by atoms with Crippen molar-refractivity contribution in [3.8, 4) is 5.88 Å². The topological polar surface area (TPSA) is 70.2 Å². The zero-order valence-corrected chi connectivity index (χ0v) is 16.1. The van der Waals surface area contributed by atoms with Crippen molar-refractivity contribution in [1.82, 2.24) is 20.2 Å². The summed E-state index contributed by atoms with van der Waals surface area (Å²) in [7, 11) is 0. The quantitative estimate of drug-likeness (QED) is 0.704. The second-order valence-electron chi connectivity index (χ2n) is 7.11. The third kappa shape index (κ3) is 3.81. The van der Waals surface area contributed by atoms with Gasteiger partial charge in [0.15, 0.2) is 0 Å². The van der Waals surface area contributed by atoms with Crippen molar-refractivity contribution in [2.45, 2.75) is 32.2 Å². The van der Waals surface area contributed by atoms with Crippen LogP contribution < -0.4 is 10.1 Å². The van der Waals surface area contributed by atoms with Gasteiger partial charge in [-0.2, -0.15) is 0 Å². The number of carbonyl (C=O) groups excluding carboxylic acids is 1. The van der Waals surface area contributed by atoms with Gasteiger partial charge in [-0.25, -0.2) is 9.78 Å². The highest BCUT2D eigenvalue weighted by Crippen LogP contribution is 2.33. The number of urea groups is 1. The summed E-state index contributed by atoms with van der Waals surface area (Å²) in [6, 6.07) is 12.2. The summed E-state index contributed by atoms with van der Waals surface area (Å²) >= 11 is 0. The standard InChI is InChI=1S/C22H26N4O2/c1-2-28-21-17(6-5-11-23-21)14-25-22(27)26-12-9-16(10-13-26)19-15-24-20-8-4-3-7-18(19)20/h3-8,11,15-16,24H,2,9-10,12-14H2,1H3,(H,25,27). The highest BCUT2D eigenvalue weighted by molar-refractivity contribution is 5.83. The molecular weight excluding hydrogens is 352 g/mol. The van der Waals surface area contributed by atoms with Crippen molar-refractivity contribution in [2.24, 2.45) is 0 Å². The third-order valence-electron chi connectivity index (χ3n) is 5.40. The van der Waals surface area contributed by atoms with Crippen molar-refractivity contribution >= 4 is 16.9 Å². The van der Waals surface area contributed by atoms with Gasteiger partial charge in [0.2, 0.25) is 5.88 Å². The molecule has 4 rings (SSSR count). The van der Waals surface area contributed by atoms with Crippen LogP contribution >= 0.6 is 0 Å². The van der Waals surface area contributed by atoms with Gasteiger partial charge in [0.25, 0.3) is 0 Å². The molecule has 1 saturated heterocycles. The van der Waals surface area contributed by atoms with E-state index in [0.717, 1.165) is 31.5 Å². The van der Waals surface area contributed by atoms with Crippen LogP contribution in [0.5, 0.6) is 5.88 Å². The maximum atomic E-state index is 12.6. The number of hydrogen-bond acceptors (Lipinski definition) is 3. The second kappa shape index (κ2) is 8.33. The fourth-order valence-electron chi connectivity index (χ4n) is 3.93. The minimum atomic E-state index is -0.0244. The summed E-state index contributed by atoms with van der Waals surface area (Å²) in [4.78, 5) is 22.1. The number of ether oxygens (including phenoxy) is 1. The van der Waals surface area contributed by atoms with Crippen LogP contribution in [-0.4, -0.2) is 40.6 Å². The molecule has 0 bridgehead atoms. The fourth-order valence-corrected chi connectivity index (χ4v) is 3.93. The Labute approximate surface area is 164 Å². The highest BCUT2D eigenvalue weighted by Gasteiger charge is 2.25. The molecule has 0 atom stereocenters. The molecule has 0 spiro atoms. The van der Waals surface area contributed by atoms with Crippen molar-refractivity contribution in [3.63, 3.8) is 0 Å². The largest absolute Gasteiger partial charge is 0.478 e. The number of rotatable bonds is 5. The Morgan fingerprint density at radius 3 is 2.89 bits per heavy atom. The van der Waals surface area contributed by atoms with Gasteiger partial charge in [-0.05, 0) is 43.4 Å². The molecule has 146 valence electrons. The molecule has 2 N–H and O–H groups in total. The van der Waals surface area contributed by atoms with Gasteiger partial charge in [-0.3, -0.25) is 0 Å². The Bertz CT molecular complexity index is 944. The number of pyridine rings is 1. The molecule has 1 aliphatic heterocycles. The monoisotopic (exact) mass is 378 g/mol. The maximum absolute atomic E-state index is 12.6. The van der Waals surface area contributed by atoms with Crippen molar-refractivity contribution in [1.29, 1.82) is 0 Å². The van der Waals surface area contributed by atoms with Gasteiger partial charge in [0.05, 0.1) is 6.61 Å². The molecule has 6 heteroatoms. The van der Waals surface area contributed by atoms with Crippen LogP contribution in [0.2, 0.25) is 0 Å². The van der Waals surface area contributed by atoms with Gasteiger partial charge in [0, 0.05) is 48.5 Å². The Morgan fingerprint density at radius 1 is 1.25 bits per heavy atom. The lowest BCUT2D eigenvalue weighted by Gasteiger charge is -2.32. The van der Waals surface area contributed by atoms with Crippen molar-refractivity contribution < 1.29 is 9.53 Å². The van der Waals surface area contributed by atoms with E-state index in [1.807, 2.05) is 24.0 Å². The molecule has 0 radical (unpaired) electrons. The molecule has 6 nitrogen and oxygen atoms in total. The first-order valence-corrected chi connectivity index (χ1v) is 9.91. The molecule has 0 aliphatic carbocycles. The number of aromatic amines is 1. The van der Waals surface area contributed by atoms with E-state index in [1.54, 1.807) is 6.20 Å². The van der Waals surface area contributed by atoms with Crippen LogP contribution in [0.1, 0.15) is 36.8 Å². The van der Waals surface area contributed by atoms with Gasteiger partial charge < -0.3 is 19.9 Å². The van der Waals surface area contributed by atoms with Crippen molar-refractivity contribution in [2.75, 3.05) is 19.7 Å². The first kappa shape index (κ1) is 18.3. The Hall–Kier alpha value is -3.02. The number of fused-ring (bicyclic) bond motifs is 1. The first-order valence-electron chi connectivity index (χ1n) is 9.91. The SMILES string of the molecule is CCOc1ncccc1CNC(=O)N1CCC(c2c[nH]c3ccccc23)CC1. The first-order chi connectivity index (χ1) is 13.8. The van der Waals surface area contributed by atoms with Crippen LogP contribution in [-0.2, 0) is 6.54 Å². The lowest BCUT2D eigenvalue weighted by atomic mass is 9.89. The lowest BCUT2D eigenvalue weighted by Crippen LogP contribution is -2.43. The molecule has 1 aromatic carbocycles. The van der Waals surface area contributed by atoms with E-state index in [-0.39, 0.29) is 6.03 Å². The summed E-state index contributed by atoms with van der Waals surface area (Å²) in [6.07, 6.45) is 5.78. The number of carbonyl (C=O) groups is 1. The van der Waals surface area contributed by atoms with E-state index in [2.05, 4.69) is 45.7 Å². The predicted octanol–water partition coefficient (Wildman–Crippen LogP) is 4.05. The minimum Gasteiger partial charge on any atom is -0.478 e. The predicted molar refractivity (Wildman–Crippen MR) is 109 cm³/mol. The number of likely N-dealkylation sites (tertiary alicyclic amines) is 1. The molecule has 2 aromatic heterocycles. The summed E-state index contributed by atoms with van der Waals surface area (Å²) in [5.74, 6) is 1.08. The van der Waals surface area contributed by atoms with E-state index in [0.29, 0.717) is 24.9 Å². The lowest BCUT2D eigenvalue weighted by molar-refractivity contribution is 0.181. The van der Waals surface area contributed by atoms with Crippen LogP contribution in [0.25, 0.3) is 10.9 Å². The van der Waals surface area contributed by atoms with E-state index in [4.69, 9.17) is 4.74 Å². The number of benzene rings is 1. The summed E-state index contributed by atoms with van der Waals surface area (Å²) < 4.78 is 5.53. The molecule has 0 saturated carbocycles. The van der Waals surface area contributed by atoms with E-state index in [9.17, 15) is 4.79 Å². The summed E-state index contributed by atoms with van der Waals surface area (Å²) in [5.41, 5.74) is 3.44. The van der Waals surface area contributed by atoms with Gasteiger partial charge in [-0.1, -0.05) is 24.3 Å².